The highest BCUT2D eigenvalue weighted by molar-refractivity contribution is 6.30. The molecule has 0 unspecified atom stereocenters. The standard InChI is InChI=1S/C18H25ClN4O/c1-4-18(24)23(11-10-21(2)3)14-17-20-8-9-22(17)13-15-6-5-7-16(19)12-15/h5-9,12H,4,10-11,13-14H2,1-3H3/p+1. The highest BCUT2D eigenvalue weighted by Gasteiger charge is 2.16. The van der Waals surface area contributed by atoms with Crippen molar-refractivity contribution in [3.8, 4) is 0 Å². The second-order valence-electron chi connectivity index (χ2n) is 6.23. The molecule has 24 heavy (non-hydrogen) atoms. The van der Waals surface area contributed by atoms with Gasteiger partial charge in [0.15, 0.2) is 0 Å². The van der Waals surface area contributed by atoms with Crippen LogP contribution >= 0.6 is 11.6 Å². The second-order valence-corrected chi connectivity index (χ2v) is 6.66. The van der Waals surface area contributed by atoms with Crippen molar-refractivity contribution in [2.45, 2.75) is 26.4 Å². The van der Waals surface area contributed by atoms with Gasteiger partial charge >= 0.3 is 0 Å². The van der Waals surface area contributed by atoms with Crippen molar-refractivity contribution in [2.75, 3.05) is 27.2 Å². The number of likely N-dealkylation sites (N-methyl/N-ethyl adjacent to an activating group) is 1. The Morgan fingerprint density at radius 2 is 2.17 bits per heavy atom. The molecule has 0 saturated carbocycles. The molecule has 0 saturated heterocycles. The lowest BCUT2D eigenvalue weighted by Gasteiger charge is -2.23. The Bertz CT molecular complexity index is 669. The Labute approximate surface area is 148 Å². The minimum Gasteiger partial charge on any atom is -0.338 e. The number of hydrogen-bond acceptors (Lipinski definition) is 2. The minimum atomic E-state index is 0.161. The third-order valence-corrected chi connectivity index (χ3v) is 4.15. The summed E-state index contributed by atoms with van der Waals surface area (Å²) in [5.41, 5.74) is 1.12. The van der Waals surface area contributed by atoms with E-state index in [1.807, 2.05) is 42.3 Å². The van der Waals surface area contributed by atoms with Gasteiger partial charge in [0.1, 0.15) is 5.82 Å². The van der Waals surface area contributed by atoms with Gasteiger partial charge in [0.05, 0.1) is 33.7 Å². The summed E-state index contributed by atoms with van der Waals surface area (Å²) >= 11 is 6.06. The fourth-order valence-corrected chi connectivity index (χ4v) is 2.73. The van der Waals surface area contributed by atoms with Crippen molar-refractivity contribution in [3.05, 3.63) is 53.1 Å². The summed E-state index contributed by atoms with van der Waals surface area (Å²) < 4.78 is 2.07. The van der Waals surface area contributed by atoms with Gasteiger partial charge in [-0.05, 0) is 17.7 Å². The summed E-state index contributed by atoms with van der Waals surface area (Å²) in [6.45, 7) is 4.78. The van der Waals surface area contributed by atoms with E-state index in [4.69, 9.17) is 11.6 Å². The fourth-order valence-electron chi connectivity index (χ4n) is 2.51. The third kappa shape index (κ3) is 5.35. The first-order valence-electron chi connectivity index (χ1n) is 8.31. The van der Waals surface area contributed by atoms with Gasteiger partial charge in [0.2, 0.25) is 5.91 Å². The molecule has 5 nitrogen and oxygen atoms in total. The summed E-state index contributed by atoms with van der Waals surface area (Å²) in [5, 5.41) is 0.728. The van der Waals surface area contributed by atoms with Crippen molar-refractivity contribution in [1.29, 1.82) is 0 Å². The number of carbonyl (C=O) groups excluding carboxylic acids is 1. The number of quaternary nitrogens is 1. The molecule has 0 fully saturated rings. The van der Waals surface area contributed by atoms with Crippen LogP contribution in [0.3, 0.4) is 0 Å². The van der Waals surface area contributed by atoms with Gasteiger partial charge in [0.25, 0.3) is 0 Å². The van der Waals surface area contributed by atoms with Crippen LogP contribution in [0.15, 0.2) is 36.7 Å². The molecule has 0 aliphatic heterocycles. The smallest absolute Gasteiger partial charge is 0.222 e. The van der Waals surface area contributed by atoms with E-state index < -0.39 is 0 Å². The zero-order valence-corrected chi connectivity index (χ0v) is 15.4. The van der Waals surface area contributed by atoms with Gasteiger partial charge in [0, 0.05) is 30.4 Å². The molecule has 1 heterocycles. The Hall–Kier alpha value is -1.85. The predicted octanol–water partition coefficient (Wildman–Crippen LogP) is 1.47. The SMILES string of the molecule is CCC(=O)N(CC[NH+](C)C)Cc1nccn1Cc1cccc(Cl)c1. The summed E-state index contributed by atoms with van der Waals surface area (Å²) in [4.78, 5) is 19.9. The fraction of sp³-hybridized carbons (Fsp3) is 0.444. The molecule has 130 valence electrons. The van der Waals surface area contributed by atoms with Crippen molar-refractivity contribution < 1.29 is 9.69 Å². The molecule has 0 aliphatic carbocycles. The highest BCUT2D eigenvalue weighted by Crippen LogP contribution is 2.13. The topological polar surface area (TPSA) is 42.6 Å². The summed E-state index contributed by atoms with van der Waals surface area (Å²) in [5.74, 6) is 1.05. The van der Waals surface area contributed by atoms with Gasteiger partial charge in [-0.2, -0.15) is 0 Å². The van der Waals surface area contributed by atoms with Crippen LogP contribution in [0.1, 0.15) is 24.7 Å². The lowest BCUT2D eigenvalue weighted by atomic mass is 10.2. The molecule has 6 heteroatoms. The number of carbonyl (C=O) groups is 1. The van der Waals surface area contributed by atoms with Gasteiger partial charge in [-0.3, -0.25) is 4.79 Å². The number of hydrogen-bond donors (Lipinski definition) is 1. The number of nitrogens with one attached hydrogen (secondary N) is 1. The molecule has 1 aromatic carbocycles. The van der Waals surface area contributed by atoms with E-state index >= 15 is 0 Å². The first kappa shape index (κ1) is 18.5. The van der Waals surface area contributed by atoms with Crippen LogP contribution < -0.4 is 4.90 Å². The van der Waals surface area contributed by atoms with E-state index in [9.17, 15) is 4.79 Å². The molecule has 1 N–H and O–H groups in total. The summed E-state index contributed by atoms with van der Waals surface area (Å²) in [6, 6.07) is 7.81. The lowest BCUT2D eigenvalue weighted by Crippen LogP contribution is -3.06. The van der Waals surface area contributed by atoms with Crippen molar-refractivity contribution in [2.24, 2.45) is 0 Å². The third-order valence-electron chi connectivity index (χ3n) is 3.91. The zero-order chi connectivity index (χ0) is 17.5. The van der Waals surface area contributed by atoms with E-state index in [1.165, 1.54) is 4.90 Å². The molecule has 0 bridgehead atoms. The zero-order valence-electron chi connectivity index (χ0n) is 14.6. The maximum Gasteiger partial charge on any atom is 0.222 e. The van der Waals surface area contributed by atoms with Crippen molar-refractivity contribution in [1.82, 2.24) is 14.5 Å². The highest BCUT2D eigenvalue weighted by atomic mass is 35.5. The van der Waals surface area contributed by atoms with E-state index in [0.29, 0.717) is 19.5 Å². The summed E-state index contributed by atoms with van der Waals surface area (Å²) in [7, 11) is 4.18. The number of imidazole rings is 1. The van der Waals surface area contributed by atoms with E-state index in [1.54, 1.807) is 6.20 Å². The Kier molecular flexibility index (Phi) is 6.82. The number of halogens is 1. The molecule has 0 aliphatic rings. The normalized spacial score (nSPS) is 11.0. The summed E-state index contributed by atoms with van der Waals surface area (Å²) in [6.07, 6.45) is 4.24. The minimum absolute atomic E-state index is 0.161. The second kappa shape index (κ2) is 8.85. The molecular weight excluding hydrogens is 324 g/mol. The first-order chi connectivity index (χ1) is 11.5. The van der Waals surface area contributed by atoms with Crippen LogP contribution in [0.4, 0.5) is 0 Å². The van der Waals surface area contributed by atoms with E-state index in [2.05, 4.69) is 23.6 Å². The molecule has 2 rings (SSSR count). The quantitative estimate of drug-likeness (QED) is 0.784. The van der Waals surface area contributed by atoms with Crippen LogP contribution in [0.2, 0.25) is 5.02 Å². The van der Waals surface area contributed by atoms with Crippen molar-refractivity contribution in [3.63, 3.8) is 0 Å². The number of nitrogens with zero attached hydrogens (tertiary/aromatic N) is 3. The average molecular weight is 350 g/mol. The number of amides is 1. The number of aromatic nitrogens is 2. The number of benzene rings is 1. The van der Waals surface area contributed by atoms with Gasteiger partial charge < -0.3 is 14.4 Å². The Balaban J connectivity index is 2.10. The van der Waals surface area contributed by atoms with Crippen molar-refractivity contribution >= 4 is 17.5 Å². The molecular formula is C18H26ClN4O+. The average Bonchev–Trinajstić information content (AvgIpc) is 2.97. The van der Waals surface area contributed by atoms with Gasteiger partial charge in [-0.25, -0.2) is 4.98 Å². The molecule has 0 radical (unpaired) electrons. The van der Waals surface area contributed by atoms with E-state index in [-0.39, 0.29) is 5.91 Å². The van der Waals surface area contributed by atoms with Crippen LogP contribution in [0, 0.1) is 0 Å². The number of rotatable bonds is 8. The molecule has 0 atom stereocenters. The predicted molar refractivity (Wildman–Crippen MR) is 96.2 cm³/mol. The van der Waals surface area contributed by atoms with Gasteiger partial charge in [-0.1, -0.05) is 30.7 Å². The van der Waals surface area contributed by atoms with Crippen LogP contribution in [0.25, 0.3) is 0 Å². The van der Waals surface area contributed by atoms with Gasteiger partial charge in [-0.15, -0.1) is 0 Å². The Morgan fingerprint density at radius 3 is 2.83 bits per heavy atom. The largest absolute Gasteiger partial charge is 0.338 e. The molecule has 2 aromatic rings. The van der Waals surface area contributed by atoms with E-state index in [0.717, 1.165) is 29.5 Å². The first-order valence-corrected chi connectivity index (χ1v) is 8.68. The van der Waals surface area contributed by atoms with Crippen LogP contribution in [-0.2, 0) is 17.9 Å². The monoisotopic (exact) mass is 349 g/mol. The molecule has 1 aromatic heterocycles. The molecule has 1 amide bonds. The lowest BCUT2D eigenvalue weighted by molar-refractivity contribution is -0.857. The maximum absolute atomic E-state index is 12.2. The maximum atomic E-state index is 12.2. The molecule has 0 spiro atoms. The Morgan fingerprint density at radius 1 is 1.38 bits per heavy atom. The van der Waals surface area contributed by atoms with Crippen LogP contribution in [0.5, 0.6) is 0 Å². The van der Waals surface area contributed by atoms with Crippen LogP contribution in [-0.4, -0.2) is 47.5 Å².